The third-order valence-electron chi connectivity index (χ3n) is 5.57. The second-order valence-electron chi connectivity index (χ2n) is 7.15. The number of nitrogens with zero attached hydrogens (tertiary/aromatic N) is 1. The lowest BCUT2D eigenvalue weighted by Crippen LogP contribution is -2.26. The van der Waals surface area contributed by atoms with Crippen molar-refractivity contribution in [1.82, 2.24) is 0 Å². The quantitative estimate of drug-likeness (QED) is 0.839. The fourth-order valence-electron chi connectivity index (χ4n) is 4.22. The summed E-state index contributed by atoms with van der Waals surface area (Å²) in [7, 11) is 4.71. The van der Waals surface area contributed by atoms with Gasteiger partial charge in [-0.1, -0.05) is 12.1 Å². The average molecular weight is 396 g/mol. The monoisotopic (exact) mass is 396 g/mol. The van der Waals surface area contributed by atoms with E-state index in [9.17, 15) is 9.59 Å². The number of hydrogen-bond acceptors (Lipinski definition) is 5. The van der Waals surface area contributed by atoms with E-state index in [0.29, 0.717) is 36.6 Å². The van der Waals surface area contributed by atoms with E-state index in [1.165, 1.54) is 0 Å². The first-order chi connectivity index (χ1) is 14.1. The van der Waals surface area contributed by atoms with Crippen LogP contribution in [0.3, 0.4) is 0 Å². The third kappa shape index (κ3) is 3.26. The molecule has 2 aromatic rings. The Morgan fingerprint density at radius 1 is 0.966 bits per heavy atom. The number of amides is 2. The summed E-state index contributed by atoms with van der Waals surface area (Å²) >= 11 is 0. The van der Waals surface area contributed by atoms with E-state index in [0.717, 1.165) is 28.9 Å². The minimum atomic E-state index is -0.197. The Balaban J connectivity index is 1.80. The highest BCUT2D eigenvalue weighted by molar-refractivity contribution is 5.99. The van der Waals surface area contributed by atoms with E-state index in [1.54, 1.807) is 26.2 Å². The zero-order valence-corrected chi connectivity index (χ0v) is 16.8. The van der Waals surface area contributed by atoms with Gasteiger partial charge in [-0.25, -0.2) is 0 Å². The van der Waals surface area contributed by atoms with Gasteiger partial charge in [-0.05, 0) is 30.2 Å². The summed E-state index contributed by atoms with van der Waals surface area (Å²) in [5, 5.41) is 2.95. The largest absolute Gasteiger partial charge is 0.493 e. The first-order valence-electron chi connectivity index (χ1n) is 9.60. The molecule has 0 aromatic heterocycles. The Kier molecular flexibility index (Phi) is 5.05. The molecular formula is C22H24N2O5. The number of rotatable bonds is 5. The van der Waals surface area contributed by atoms with E-state index in [1.807, 2.05) is 30.3 Å². The number of methoxy groups -OCH3 is 3. The number of nitrogens with one attached hydrogen (secondary N) is 1. The van der Waals surface area contributed by atoms with Crippen molar-refractivity contribution in [2.45, 2.75) is 25.2 Å². The molecule has 1 unspecified atom stereocenters. The van der Waals surface area contributed by atoms with Gasteiger partial charge in [0.1, 0.15) is 0 Å². The lowest BCUT2D eigenvalue weighted by molar-refractivity contribution is -0.117. The normalized spacial score (nSPS) is 18.3. The SMILES string of the molecule is COc1ccc(C2CC(=O)Nc3cc(N4CCCC4=O)ccc32)c(OC)c1OC. The van der Waals surface area contributed by atoms with Crippen molar-refractivity contribution < 1.29 is 23.8 Å². The number of hydrogen-bond donors (Lipinski definition) is 1. The molecule has 0 bridgehead atoms. The molecule has 152 valence electrons. The van der Waals surface area contributed by atoms with E-state index in [2.05, 4.69) is 5.32 Å². The molecule has 2 heterocycles. The Hall–Kier alpha value is -3.22. The Bertz CT molecular complexity index is 972. The van der Waals surface area contributed by atoms with Crippen LogP contribution < -0.4 is 24.4 Å². The fraction of sp³-hybridized carbons (Fsp3) is 0.364. The molecule has 2 aliphatic rings. The minimum absolute atomic E-state index is 0.0794. The molecule has 29 heavy (non-hydrogen) atoms. The van der Waals surface area contributed by atoms with Crippen LogP contribution in [-0.4, -0.2) is 39.7 Å². The van der Waals surface area contributed by atoms with E-state index < -0.39 is 0 Å². The molecule has 1 atom stereocenters. The van der Waals surface area contributed by atoms with Crippen LogP contribution in [0.2, 0.25) is 0 Å². The van der Waals surface area contributed by atoms with Crippen molar-refractivity contribution in [3.8, 4) is 17.2 Å². The molecule has 1 N–H and O–H groups in total. The Morgan fingerprint density at radius 3 is 2.38 bits per heavy atom. The molecule has 7 nitrogen and oxygen atoms in total. The molecule has 0 saturated carbocycles. The van der Waals surface area contributed by atoms with E-state index in [-0.39, 0.29) is 17.7 Å². The molecule has 2 aliphatic heterocycles. The van der Waals surface area contributed by atoms with Gasteiger partial charge in [-0.15, -0.1) is 0 Å². The highest BCUT2D eigenvalue weighted by Gasteiger charge is 2.32. The molecule has 4 rings (SSSR count). The van der Waals surface area contributed by atoms with Crippen molar-refractivity contribution in [1.29, 1.82) is 0 Å². The average Bonchev–Trinajstić information content (AvgIpc) is 3.17. The van der Waals surface area contributed by atoms with Crippen LogP contribution in [0, 0.1) is 0 Å². The fourth-order valence-corrected chi connectivity index (χ4v) is 4.22. The molecule has 7 heteroatoms. The van der Waals surface area contributed by atoms with Crippen LogP contribution in [0.25, 0.3) is 0 Å². The van der Waals surface area contributed by atoms with Crippen LogP contribution in [0.1, 0.15) is 36.3 Å². The molecule has 1 saturated heterocycles. The van der Waals surface area contributed by atoms with Crippen LogP contribution in [0.15, 0.2) is 30.3 Å². The van der Waals surface area contributed by atoms with Crippen molar-refractivity contribution >= 4 is 23.2 Å². The summed E-state index contributed by atoms with van der Waals surface area (Å²) in [6, 6.07) is 9.54. The highest BCUT2D eigenvalue weighted by atomic mass is 16.5. The van der Waals surface area contributed by atoms with Crippen LogP contribution in [-0.2, 0) is 9.59 Å². The van der Waals surface area contributed by atoms with Crippen LogP contribution in [0.4, 0.5) is 11.4 Å². The number of benzene rings is 2. The van der Waals surface area contributed by atoms with Crippen molar-refractivity contribution in [3.05, 3.63) is 41.5 Å². The van der Waals surface area contributed by atoms with E-state index in [4.69, 9.17) is 14.2 Å². The molecule has 0 spiro atoms. The predicted molar refractivity (Wildman–Crippen MR) is 109 cm³/mol. The molecule has 2 aromatic carbocycles. The standard InChI is InChI=1S/C22H24N2O5/c1-27-18-9-8-15(21(28-2)22(18)29-3)16-12-19(25)23-17-11-13(6-7-14(16)17)24-10-4-5-20(24)26/h6-9,11,16H,4-5,10,12H2,1-3H3,(H,23,25). The van der Waals surface area contributed by atoms with Crippen molar-refractivity contribution in [2.24, 2.45) is 0 Å². The van der Waals surface area contributed by atoms with Gasteiger partial charge < -0.3 is 24.4 Å². The highest BCUT2D eigenvalue weighted by Crippen LogP contribution is 2.48. The zero-order valence-electron chi connectivity index (χ0n) is 16.8. The number of fused-ring (bicyclic) bond motifs is 1. The maximum atomic E-state index is 12.5. The number of carbonyl (C=O) groups is 2. The summed E-state index contributed by atoms with van der Waals surface area (Å²) < 4.78 is 16.5. The number of ether oxygens (including phenoxy) is 3. The summed E-state index contributed by atoms with van der Waals surface area (Å²) in [5.74, 6) is 1.46. The Morgan fingerprint density at radius 2 is 1.72 bits per heavy atom. The lowest BCUT2D eigenvalue weighted by atomic mass is 9.84. The molecule has 0 aliphatic carbocycles. The number of carbonyl (C=O) groups excluding carboxylic acids is 2. The van der Waals surface area contributed by atoms with Gasteiger partial charge in [-0.2, -0.15) is 0 Å². The Labute approximate surface area is 169 Å². The van der Waals surface area contributed by atoms with Gasteiger partial charge >= 0.3 is 0 Å². The maximum Gasteiger partial charge on any atom is 0.227 e. The lowest BCUT2D eigenvalue weighted by Gasteiger charge is -2.29. The second kappa shape index (κ2) is 7.66. The predicted octanol–water partition coefficient (Wildman–Crippen LogP) is 3.31. The van der Waals surface area contributed by atoms with Crippen LogP contribution in [0.5, 0.6) is 17.2 Å². The molecule has 1 fully saturated rings. The number of anilines is 2. The first-order valence-corrected chi connectivity index (χ1v) is 9.60. The van der Waals surface area contributed by atoms with E-state index >= 15 is 0 Å². The van der Waals surface area contributed by atoms with Gasteiger partial charge in [0, 0.05) is 42.2 Å². The summed E-state index contributed by atoms with van der Waals surface area (Å²) in [6.07, 6.45) is 1.71. The van der Waals surface area contributed by atoms with Gasteiger partial charge in [0.25, 0.3) is 0 Å². The summed E-state index contributed by atoms with van der Waals surface area (Å²) in [5.41, 5.74) is 3.36. The van der Waals surface area contributed by atoms with Gasteiger partial charge in [0.15, 0.2) is 11.5 Å². The van der Waals surface area contributed by atoms with Gasteiger partial charge in [0.05, 0.1) is 21.3 Å². The van der Waals surface area contributed by atoms with Crippen molar-refractivity contribution in [2.75, 3.05) is 38.1 Å². The summed E-state index contributed by atoms with van der Waals surface area (Å²) in [6.45, 7) is 0.707. The van der Waals surface area contributed by atoms with Crippen LogP contribution >= 0.6 is 0 Å². The van der Waals surface area contributed by atoms with Gasteiger partial charge in [-0.3, -0.25) is 9.59 Å². The van der Waals surface area contributed by atoms with Crippen molar-refractivity contribution in [3.63, 3.8) is 0 Å². The second-order valence-corrected chi connectivity index (χ2v) is 7.15. The van der Waals surface area contributed by atoms with Gasteiger partial charge in [0.2, 0.25) is 17.6 Å². The third-order valence-corrected chi connectivity index (χ3v) is 5.57. The molecule has 0 radical (unpaired) electrons. The molecule has 2 amide bonds. The minimum Gasteiger partial charge on any atom is -0.493 e. The topological polar surface area (TPSA) is 77.1 Å². The first kappa shape index (κ1) is 19.1. The summed E-state index contributed by atoms with van der Waals surface area (Å²) in [4.78, 5) is 26.4. The smallest absolute Gasteiger partial charge is 0.227 e. The maximum absolute atomic E-state index is 12.5. The zero-order chi connectivity index (χ0) is 20.5. The molecular weight excluding hydrogens is 372 g/mol.